The van der Waals surface area contributed by atoms with Crippen LogP contribution in [0.2, 0.25) is 0 Å². The first-order valence-electron chi connectivity index (χ1n) is 4.63. The fraction of sp³-hybridized carbons (Fsp3) is 0.600. The minimum Gasteiger partial charge on any atom is -0.469 e. The Balaban J connectivity index is 3.65. The molecule has 0 rings (SSSR count). The predicted octanol–water partition coefficient (Wildman–Crippen LogP) is -0.723. The zero-order valence-corrected chi connectivity index (χ0v) is 9.00. The zero-order valence-electron chi connectivity index (χ0n) is 9.00. The average molecular weight is 212 g/mol. The molecule has 0 aromatic rings. The lowest BCUT2D eigenvalue weighted by Gasteiger charge is -2.12. The van der Waals surface area contributed by atoms with E-state index in [0.29, 0.717) is 6.54 Å². The van der Waals surface area contributed by atoms with Gasteiger partial charge in [-0.05, 0) is 6.92 Å². The molecule has 84 valence electrons. The quantitative estimate of drug-likeness (QED) is 0.450. The van der Waals surface area contributed by atoms with Gasteiger partial charge in [-0.2, -0.15) is 0 Å². The highest BCUT2D eigenvalue weighted by atomic mass is 16.5. The molecule has 2 N–H and O–H groups in total. The van der Waals surface area contributed by atoms with Crippen LogP contribution < -0.4 is 10.6 Å². The molecule has 0 saturated carbocycles. The largest absolute Gasteiger partial charge is 0.469 e. The summed E-state index contributed by atoms with van der Waals surface area (Å²) in [4.78, 5) is 22.0. The molecule has 0 aliphatic carbocycles. The van der Waals surface area contributed by atoms with E-state index >= 15 is 0 Å². The number of rotatable bonds is 6. The maximum Gasteiger partial charge on any atom is 0.306 e. The van der Waals surface area contributed by atoms with Gasteiger partial charge in [-0.15, -0.1) is 6.42 Å². The predicted molar refractivity (Wildman–Crippen MR) is 55.9 cm³/mol. The van der Waals surface area contributed by atoms with Gasteiger partial charge in [0, 0.05) is 6.54 Å². The summed E-state index contributed by atoms with van der Waals surface area (Å²) in [6, 6.07) is -0.372. The third kappa shape index (κ3) is 6.52. The van der Waals surface area contributed by atoms with Crippen molar-refractivity contribution in [2.75, 3.05) is 20.2 Å². The minimum absolute atomic E-state index is 0.183. The molecule has 0 saturated heterocycles. The highest BCUT2D eigenvalue weighted by Crippen LogP contribution is 1.85. The van der Waals surface area contributed by atoms with Crippen LogP contribution >= 0.6 is 0 Å². The van der Waals surface area contributed by atoms with E-state index in [1.807, 2.05) is 0 Å². The number of hydrogen-bond donors (Lipinski definition) is 2. The number of methoxy groups -OCH3 is 1. The van der Waals surface area contributed by atoms with Gasteiger partial charge in [-0.25, -0.2) is 0 Å². The Morgan fingerprint density at radius 1 is 1.53 bits per heavy atom. The molecule has 1 atom stereocenters. The van der Waals surface area contributed by atoms with Crippen molar-refractivity contribution in [2.45, 2.75) is 19.4 Å². The maximum atomic E-state index is 11.3. The Kier molecular flexibility index (Phi) is 7.02. The molecule has 0 fully saturated rings. The molecule has 0 aliphatic rings. The monoisotopic (exact) mass is 212 g/mol. The van der Waals surface area contributed by atoms with E-state index in [-0.39, 0.29) is 30.9 Å². The number of terminal acetylenes is 1. The van der Waals surface area contributed by atoms with Crippen molar-refractivity contribution < 1.29 is 14.3 Å². The van der Waals surface area contributed by atoms with Crippen LogP contribution in [0.25, 0.3) is 0 Å². The van der Waals surface area contributed by atoms with E-state index in [1.165, 1.54) is 7.11 Å². The molecule has 1 unspecified atom stereocenters. The van der Waals surface area contributed by atoms with Gasteiger partial charge in [0.2, 0.25) is 5.91 Å². The Hall–Kier alpha value is -1.54. The second-order valence-electron chi connectivity index (χ2n) is 2.92. The Bertz CT molecular complexity index is 258. The van der Waals surface area contributed by atoms with Crippen molar-refractivity contribution in [3.05, 3.63) is 0 Å². The molecule has 5 heteroatoms. The number of nitrogens with one attached hydrogen (secondary N) is 2. The zero-order chi connectivity index (χ0) is 11.7. The van der Waals surface area contributed by atoms with E-state index < -0.39 is 0 Å². The lowest BCUT2D eigenvalue weighted by atomic mass is 10.3. The van der Waals surface area contributed by atoms with Crippen LogP contribution in [-0.4, -0.2) is 38.1 Å². The smallest absolute Gasteiger partial charge is 0.306 e. The number of amides is 1. The van der Waals surface area contributed by atoms with Gasteiger partial charge in [0.05, 0.1) is 26.1 Å². The van der Waals surface area contributed by atoms with Crippen molar-refractivity contribution in [1.29, 1.82) is 0 Å². The van der Waals surface area contributed by atoms with Gasteiger partial charge in [0.25, 0.3) is 0 Å². The van der Waals surface area contributed by atoms with Gasteiger partial charge in [0.15, 0.2) is 0 Å². The van der Waals surface area contributed by atoms with E-state index in [1.54, 1.807) is 6.92 Å². The van der Waals surface area contributed by atoms with Gasteiger partial charge in [-0.1, -0.05) is 5.92 Å². The first-order chi connectivity index (χ1) is 7.11. The van der Waals surface area contributed by atoms with Crippen molar-refractivity contribution in [2.24, 2.45) is 0 Å². The molecule has 5 nitrogen and oxygen atoms in total. The molecule has 15 heavy (non-hydrogen) atoms. The van der Waals surface area contributed by atoms with Gasteiger partial charge in [-0.3, -0.25) is 9.59 Å². The van der Waals surface area contributed by atoms with Gasteiger partial charge < -0.3 is 15.4 Å². The first kappa shape index (κ1) is 13.5. The fourth-order valence-electron chi connectivity index (χ4n) is 0.877. The van der Waals surface area contributed by atoms with E-state index in [0.717, 1.165) is 0 Å². The Labute approximate surface area is 89.6 Å². The molecular weight excluding hydrogens is 196 g/mol. The van der Waals surface area contributed by atoms with Gasteiger partial charge in [0.1, 0.15) is 0 Å². The van der Waals surface area contributed by atoms with Crippen LogP contribution in [0.3, 0.4) is 0 Å². The fourth-order valence-corrected chi connectivity index (χ4v) is 0.877. The second-order valence-corrected chi connectivity index (χ2v) is 2.92. The third-order valence-electron chi connectivity index (χ3n) is 1.77. The van der Waals surface area contributed by atoms with E-state index in [2.05, 4.69) is 21.3 Å². The Morgan fingerprint density at radius 3 is 2.73 bits per heavy atom. The SMILES string of the molecule is C#CCNC(=O)C(C)NCCC(=O)OC. The van der Waals surface area contributed by atoms with Crippen LogP contribution in [0.15, 0.2) is 0 Å². The lowest BCUT2D eigenvalue weighted by Crippen LogP contribution is -2.42. The summed E-state index contributed by atoms with van der Waals surface area (Å²) in [5.74, 6) is 1.81. The number of carbonyl (C=O) groups is 2. The van der Waals surface area contributed by atoms with Crippen LogP contribution in [0, 0.1) is 12.3 Å². The summed E-state index contributed by atoms with van der Waals surface area (Å²) in [6.45, 7) is 2.31. The molecule has 0 aliphatic heterocycles. The average Bonchev–Trinajstić information content (AvgIpc) is 2.25. The summed E-state index contributed by atoms with van der Waals surface area (Å²) in [5, 5.41) is 5.41. The normalized spacial score (nSPS) is 11.3. The molecule has 0 heterocycles. The summed E-state index contributed by atoms with van der Waals surface area (Å²) >= 11 is 0. The van der Waals surface area contributed by atoms with Gasteiger partial charge >= 0.3 is 5.97 Å². The number of hydrogen-bond acceptors (Lipinski definition) is 4. The van der Waals surface area contributed by atoms with E-state index in [9.17, 15) is 9.59 Å². The molecule has 1 amide bonds. The molecule has 0 spiro atoms. The first-order valence-corrected chi connectivity index (χ1v) is 4.63. The number of esters is 1. The summed E-state index contributed by atoms with van der Waals surface area (Å²) in [5.41, 5.74) is 0. The molecular formula is C10H16N2O3. The van der Waals surface area contributed by atoms with Crippen LogP contribution in [0.5, 0.6) is 0 Å². The van der Waals surface area contributed by atoms with Crippen molar-refractivity contribution >= 4 is 11.9 Å². The molecule has 0 radical (unpaired) electrons. The molecule has 0 aromatic carbocycles. The van der Waals surface area contributed by atoms with Crippen molar-refractivity contribution in [3.8, 4) is 12.3 Å². The van der Waals surface area contributed by atoms with Crippen LogP contribution in [0.1, 0.15) is 13.3 Å². The minimum atomic E-state index is -0.372. The number of ether oxygens (including phenoxy) is 1. The molecule has 0 bridgehead atoms. The highest BCUT2D eigenvalue weighted by molar-refractivity contribution is 5.81. The lowest BCUT2D eigenvalue weighted by molar-refractivity contribution is -0.140. The Morgan fingerprint density at radius 2 is 2.20 bits per heavy atom. The summed E-state index contributed by atoms with van der Waals surface area (Å²) in [7, 11) is 1.32. The second kappa shape index (κ2) is 7.83. The van der Waals surface area contributed by atoms with Crippen LogP contribution in [-0.2, 0) is 14.3 Å². The van der Waals surface area contributed by atoms with Crippen molar-refractivity contribution in [3.63, 3.8) is 0 Å². The maximum absolute atomic E-state index is 11.3. The highest BCUT2D eigenvalue weighted by Gasteiger charge is 2.11. The van der Waals surface area contributed by atoms with E-state index in [4.69, 9.17) is 6.42 Å². The topological polar surface area (TPSA) is 67.4 Å². The summed E-state index contributed by atoms with van der Waals surface area (Å²) in [6.07, 6.45) is 5.23. The van der Waals surface area contributed by atoms with Crippen LogP contribution in [0.4, 0.5) is 0 Å². The molecule has 0 aromatic heterocycles. The third-order valence-corrected chi connectivity index (χ3v) is 1.77. The standard InChI is InChI=1S/C10H16N2O3/c1-4-6-12-10(14)8(2)11-7-5-9(13)15-3/h1,8,11H,5-7H2,2-3H3,(H,12,14). The van der Waals surface area contributed by atoms with Crippen molar-refractivity contribution in [1.82, 2.24) is 10.6 Å². The number of carbonyl (C=O) groups excluding carboxylic acids is 2. The summed E-state index contributed by atoms with van der Waals surface area (Å²) < 4.78 is 4.45.